The molecule has 0 spiro atoms. The van der Waals surface area contributed by atoms with E-state index in [0.29, 0.717) is 13.1 Å². The molecule has 0 aliphatic rings. The van der Waals surface area contributed by atoms with Crippen molar-refractivity contribution in [2.24, 2.45) is 0 Å². The van der Waals surface area contributed by atoms with E-state index in [2.05, 4.69) is 5.10 Å². The van der Waals surface area contributed by atoms with E-state index in [1.54, 1.807) is 33.9 Å². The van der Waals surface area contributed by atoms with E-state index in [0.717, 1.165) is 11.1 Å². The van der Waals surface area contributed by atoms with Crippen molar-refractivity contribution in [2.45, 2.75) is 26.4 Å². The Bertz CT molecular complexity index is 662. The second kappa shape index (κ2) is 6.10. The van der Waals surface area contributed by atoms with Gasteiger partial charge in [0.05, 0.1) is 0 Å². The standard InChI is InChI=1S/C14H15N3O3/c1-2-16-6-3-11(9-13(16)18)12-4-7-17(15-10-12)8-5-14(19)20/h3-4,6-7,9-10H,2,5,8H2,1H3/p+1. The maximum Gasteiger partial charge on any atom is 0.309 e. The summed E-state index contributed by atoms with van der Waals surface area (Å²) in [6.45, 7) is 2.88. The molecule has 6 heteroatoms. The number of aryl methyl sites for hydroxylation is 2. The lowest BCUT2D eigenvalue weighted by atomic mass is 10.1. The van der Waals surface area contributed by atoms with Crippen LogP contribution in [0.25, 0.3) is 11.1 Å². The highest BCUT2D eigenvalue weighted by molar-refractivity contribution is 5.66. The van der Waals surface area contributed by atoms with Crippen LogP contribution in [0.1, 0.15) is 13.3 Å². The lowest BCUT2D eigenvalue weighted by molar-refractivity contribution is -0.752. The molecule has 2 heterocycles. The first-order chi connectivity index (χ1) is 9.60. The Hall–Kier alpha value is -2.50. The predicted octanol–water partition coefficient (Wildman–Crippen LogP) is 0.692. The number of rotatable bonds is 5. The fraction of sp³-hybridized carbons (Fsp3) is 0.286. The lowest BCUT2D eigenvalue weighted by Crippen LogP contribution is -2.38. The molecule has 0 atom stereocenters. The molecule has 0 saturated heterocycles. The summed E-state index contributed by atoms with van der Waals surface area (Å²) in [5.74, 6) is -0.855. The van der Waals surface area contributed by atoms with Crippen molar-refractivity contribution >= 4 is 5.97 Å². The highest BCUT2D eigenvalue weighted by Crippen LogP contribution is 2.14. The molecular weight excluding hydrogens is 258 g/mol. The molecule has 2 rings (SSSR count). The van der Waals surface area contributed by atoms with E-state index in [9.17, 15) is 9.59 Å². The van der Waals surface area contributed by atoms with Crippen LogP contribution >= 0.6 is 0 Å². The molecule has 0 saturated carbocycles. The minimum Gasteiger partial charge on any atom is -0.481 e. The molecule has 1 N–H and O–H groups in total. The van der Waals surface area contributed by atoms with Gasteiger partial charge >= 0.3 is 5.97 Å². The van der Waals surface area contributed by atoms with Gasteiger partial charge in [0, 0.05) is 30.4 Å². The number of nitrogens with zero attached hydrogens (tertiary/aromatic N) is 3. The maximum atomic E-state index is 11.8. The Labute approximate surface area is 115 Å². The van der Waals surface area contributed by atoms with E-state index in [1.165, 1.54) is 0 Å². The van der Waals surface area contributed by atoms with E-state index in [-0.39, 0.29) is 12.0 Å². The summed E-state index contributed by atoms with van der Waals surface area (Å²) in [6, 6.07) is 5.26. The van der Waals surface area contributed by atoms with Gasteiger partial charge in [0.25, 0.3) is 5.56 Å². The number of pyridine rings is 1. The van der Waals surface area contributed by atoms with Gasteiger partial charge in [-0.15, -0.1) is 0 Å². The van der Waals surface area contributed by atoms with Crippen LogP contribution in [0.15, 0.2) is 41.6 Å². The van der Waals surface area contributed by atoms with Crippen LogP contribution in [0.2, 0.25) is 0 Å². The molecule has 0 amide bonds. The summed E-state index contributed by atoms with van der Waals surface area (Å²) in [5, 5.41) is 12.8. The monoisotopic (exact) mass is 274 g/mol. The van der Waals surface area contributed by atoms with Crippen molar-refractivity contribution in [1.29, 1.82) is 0 Å². The van der Waals surface area contributed by atoms with Crippen molar-refractivity contribution in [2.75, 3.05) is 0 Å². The second-order valence-electron chi connectivity index (χ2n) is 4.36. The Morgan fingerprint density at radius 2 is 2.20 bits per heavy atom. The molecule has 0 aliphatic heterocycles. The second-order valence-corrected chi connectivity index (χ2v) is 4.36. The molecular formula is C14H16N3O3+. The maximum absolute atomic E-state index is 11.8. The summed E-state index contributed by atoms with van der Waals surface area (Å²) in [5.41, 5.74) is 1.59. The largest absolute Gasteiger partial charge is 0.481 e. The van der Waals surface area contributed by atoms with E-state index >= 15 is 0 Å². The van der Waals surface area contributed by atoms with E-state index < -0.39 is 5.97 Å². The average molecular weight is 274 g/mol. The molecule has 2 aromatic heterocycles. The van der Waals surface area contributed by atoms with Gasteiger partial charge in [-0.3, -0.25) is 9.59 Å². The zero-order valence-electron chi connectivity index (χ0n) is 11.2. The molecule has 0 aromatic carbocycles. The quantitative estimate of drug-likeness (QED) is 0.814. The van der Waals surface area contributed by atoms with Crippen molar-refractivity contribution in [3.05, 3.63) is 47.1 Å². The Morgan fingerprint density at radius 1 is 1.40 bits per heavy atom. The SMILES string of the molecule is CCn1ccc(-c2cc[n+](CCC(=O)O)nc2)cc1=O. The summed E-state index contributed by atoms with van der Waals surface area (Å²) in [7, 11) is 0. The molecule has 2 aromatic rings. The van der Waals surface area contributed by atoms with Crippen LogP contribution in [0.4, 0.5) is 0 Å². The fourth-order valence-electron chi connectivity index (χ4n) is 1.85. The molecule has 20 heavy (non-hydrogen) atoms. The Balaban J connectivity index is 2.19. The van der Waals surface area contributed by atoms with Crippen molar-refractivity contribution in [3.63, 3.8) is 0 Å². The number of aromatic nitrogens is 3. The third-order valence-electron chi connectivity index (χ3n) is 3.00. The molecule has 0 fully saturated rings. The van der Waals surface area contributed by atoms with Crippen LogP contribution in [-0.4, -0.2) is 20.7 Å². The van der Waals surface area contributed by atoms with Crippen molar-refractivity contribution < 1.29 is 14.6 Å². The van der Waals surface area contributed by atoms with Gasteiger partial charge in [0.2, 0.25) is 0 Å². The Kier molecular flexibility index (Phi) is 4.24. The van der Waals surface area contributed by atoms with Crippen LogP contribution in [-0.2, 0) is 17.9 Å². The minimum atomic E-state index is -0.855. The molecule has 0 radical (unpaired) electrons. The summed E-state index contributed by atoms with van der Waals surface area (Å²) in [4.78, 5) is 22.2. The number of carbonyl (C=O) groups is 1. The predicted molar refractivity (Wildman–Crippen MR) is 72.1 cm³/mol. The normalized spacial score (nSPS) is 10.4. The summed E-state index contributed by atoms with van der Waals surface area (Å²) >= 11 is 0. The number of aliphatic carboxylic acids is 1. The first-order valence-corrected chi connectivity index (χ1v) is 6.38. The van der Waals surface area contributed by atoms with Crippen molar-refractivity contribution in [3.8, 4) is 11.1 Å². The fourth-order valence-corrected chi connectivity index (χ4v) is 1.85. The zero-order valence-corrected chi connectivity index (χ0v) is 11.2. The summed E-state index contributed by atoms with van der Waals surface area (Å²) in [6.07, 6.45) is 5.13. The van der Waals surface area contributed by atoms with Gasteiger partial charge in [0.15, 0.2) is 12.7 Å². The van der Waals surface area contributed by atoms with Crippen LogP contribution in [0.3, 0.4) is 0 Å². The van der Waals surface area contributed by atoms with Crippen molar-refractivity contribution in [1.82, 2.24) is 9.67 Å². The molecule has 6 nitrogen and oxygen atoms in total. The van der Waals surface area contributed by atoms with Gasteiger partial charge in [0.1, 0.15) is 12.6 Å². The summed E-state index contributed by atoms with van der Waals surface area (Å²) < 4.78 is 3.18. The molecule has 104 valence electrons. The third-order valence-corrected chi connectivity index (χ3v) is 3.00. The van der Waals surface area contributed by atoms with Crippen LogP contribution < -0.4 is 10.2 Å². The first-order valence-electron chi connectivity index (χ1n) is 6.38. The van der Waals surface area contributed by atoms with Gasteiger partial charge in [-0.1, -0.05) is 4.68 Å². The van der Waals surface area contributed by atoms with E-state index in [4.69, 9.17) is 5.11 Å². The number of carboxylic acid groups (broad SMARTS) is 1. The first kappa shape index (κ1) is 13.9. The van der Waals surface area contributed by atoms with Gasteiger partial charge in [-0.2, -0.15) is 0 Å². The molecule has 0 bridgehead atoms. The molecule has 0 unspecified atom stereocenters. The third kappa shape index (κ3) is 3.28. The Morgan fingerprint density at radius 3 is 2.75 bits per heavy atom. The van der Waals surface area contributed by atoms with Crippen LogP contribution in [0, 0.1) is 0 Å². The van der Waals surface area contributed by atoms with Gasteiger partial charge in [-0.25, -0.2) is 0 Å². The minimum absolute atomic E-state index is 0.0313. The number of hydrogen-bond donors (Lipinski definition) is 1. The highest BCUT2D eigenvalue weighted by atomic mass is 16.4. The lowest BCUT2D eigenvalue weighted by Gasteiger charge is -2.03. The van der Waals surface area contributed by atoms with Gasteiger partial charge in [-0.05, 0) is 23.7 Å². The molecule has 0 aliphatic carbocycles. The number of hydrogen-bond acceptors (Lipinski definition) is 3. The van der Waals surface area contributed by atoms with Crippen LogP contribution in [0.5, 0.6) is 0 Å². The average Bonchev–Trinajstić information content (AvgIpc) is 2.45. The van der Waals surface area contributed by atoms with E-state index in [1.807, 2.05) is 19.1 Å². The topological polar surface area (TPSA) is 76.1 Å². The highest BCUT2D eigenvalue weighted by Gasteiger charge is 2.08. The van der Waals surface area contributed by atoms with Gasteiger partial charge < -0.3 is 9.67 Å². The zero-order chi connectivity index (χ0) is 14.5. The number of carboxylic acids is 1. The smallest absolute Gasteiger partial charge is 0.309 e.